The number of fused-ring (bicyclic) bond motifs is 1. The number of rotatable bonds is 6. The summed E-state index contributed by atoms with van der Waals surface area (Å²) in [6.45, 7) is 1.50. The van der Waals surface area contributed by atoms with E-state index in [9.17, 15) is 9.59 Å². The van der Waals surface area contributed by atoms with E-state index in [0.29, 0.717) is 24.5 Å². The zero-order valence-corrected chi connectivity index (χ0v) is 17.1. The third kappa shape index (κ3) is 4.29. The fourth-order valence-electron chi connectivity index (χ4n) is 3.61. The summed E-state index contributed by atoms with van der Waals surface area (Å²) in [4.78, 5) is 25.8. The van der Waals surface area contributed by atoms with Crippen molar-refractivity contribution in [2.75, 3.05) is 34.5 Å². The van der Waals surface area contributed by atoms with E-state index in [2.05, 4.69) is 0 Å². The number of ether oxygens (including phenoxy) is 4. The summed E-state index contributed by atoms with van der Waals surface area (Å²) >= 11 is 0. The Labute approximate surface area is 170 Å². The van der Waals surface area contributed by atoms with E-state index in [-0.39, 0.29) is 18.6 Å². The topological polar surface area (TPSA) is 74.3 Å². The number of hydrogen-bond donors (Lipinski definition) is 0. The largest absolute Gasteiger partial charge is 0.497 e. The van der Waals surface area contributed by atoms with E-state index in [1.54, 1.807) is 26.2 Å². The SMILES string of the molecule is COc1ccc([C@@H]2c3cc(OC)c(OC)cc3CCN2C(=O)COC(C)=O)cc1. The lowest BCUT2D eigenvalue weighted by molar-refractivity contribution is -0.151. The number of carbonyl (C=O) groups is 2. The van der Waals surface area contributed by atoms with Crippen LogP contribution in [-0.4, -0.2) is 51.3 Å². The van der Waals surface area contributed by atoms with Crippen LogP contribution >= 0.6 is 0 Å². The van der Waals surface area contributed by atoms with Gasteiger partial charge in [-0.2, -0.15) is 0 Å². The van der Waals surface area contributed by atoms with Crippen LogP contribution in [-0.2, 0) is 20.7 Å². The molecule has 0 saturated heterocycles. The first-order chi connectivity index (χ1) is 14.0. The number of nitrogens with zero attached hydrogens (tertiary/aromatic N) is 1. The average Bonchev–Trinajstić information content (AvgIpc) is 2.75. The second-order valence-corrected chi connectivity index (χ2v) is 6.70. The lowest BCUT2D eigenvalue weighted by Gasteiger charge is -2.38. The van der Waals surface area contributed by atoms with Gasteiger partial charge in [0.15, 0.2) is 18.1 Å². The summed E-state index contributed by atoms with van der Waals surface area (Å²) in [5, 5.41) is 0. The molecule has 0 fully saturated rings. The predicted octanol–water partition coefficient (Wildman–Crippen LogP) is 2.75. The van der Waals surface area contributed by atoms with Crippen molar-refractivity contribution in [1.82, 2.24) is 4.90 Å². The number of benzene rings is 2. The monoisotopic (exact) mass is 399 g/mol. The molecule has 1 heterocycles. The van der Waals surface area contributed by atoms with Gasteiger partial charge < -0.3 is 23.8 Å². The fourth-order valence-corrected chi connectivity index (χ4v) is 3.61. The Morgan fingerprint density at radius 1 is 1.00 bits per heavy atom. The fraction of sp³-hybridized carbons (Fsp3) is 0.364. The molecule has 0 radical (unpaired) electrons. The van der Waals surface area contributed by atoms with E-state index >= 15 is 0 Å². The van der Waals surface area contributed by atoms with E-state index in [1.165, 1.54) is 6.92 Å². The molecule has 1 aliphatic rings. The molecule has 3 rings (SSSR count). The minimum Gasteiger partial charge on any atom is -0.497 e. The molecule has 0 unspecified atom stereocenters. The molecule has 0 bridgehead atoms. The number of esters is 1. The van der Waals surface area contributed by atoms with Gasteiger partial charge in [-0.1, -0.05) is 12.1 Å². The Morgan fingerprint density at radius 2 is 1.66 bits per heavy atom. The molecule has 0 aromatic heterocycles. The first kappa shape index (κ1) is 20.5. The zero-order valence-electron chi connectivity index (χ0n) is 17.1. The van der Waals surface area contributed by atoms with Gasteiger partial charge in [0.05, 0.1) is 27.4 Å². The molecule has 7 nitrogen and oxygen atoms in total. The highest BCUT2D eigenvalue weighted by molar-refractivity contribution is 5.81. The van der Waals surface area contributed by atoms with Crippen LogP contribution < -0.4 is 14.2 Å². The Morgan fingerprint density at radius 3 is 2.24 bits per heavy atom. The molecule has 2 aromatic carbocycles. The quantitative estimate of drug-likeness (QED) is 0.696. The molecular weight excluding hydrogens is 374 g/mol. The minimum atomic E-state index is -0.483. The van der Waals surface area contributed by atoms with Gasteiger partial charge in [0.2, 0.25) is 0 Å². The standard InChI is InChI=1S/C22H25NO6/c1-14(24)29-13-21(25)23-10-9-16-11-19(27-3)20(28-4)12-18(16)22(23)15-5-7-17(26-2)8-6-15/h5-8,11-12,22H,9-10,13H2,1-4H3/t22-/m1/s1. The van der Waals surface area contributed by atoms with Gasteiger partial charge >= 0.3 is 5.97 Å². The van der Waals surface area contributed by atoms with Gasteiger partial charge in [-0.3, -0.25) is 9.59 Å². The van der Waals surface area contributed by atoms with Crippen molar-refractivity contribution in [2.45, 2.75) is 19.4 Å². The number of hydrogen-bond acceptors (Lipinski definition) is 6. The van der Waals surface area contributed by atoms with Crippen LogP contribution in [0.1, 0.15) is 29.7 Å². The Hall–Kier alpha value is -3.22. The van der Waals surface area contributed by atoms with Gasteiger partial charge in [-0.15, -0.1) is 0 Å². The van der Waals surface area contributed by atoms with Crippen molar-refractivity contribution in [3.63, 3.8) is 0 Å². The minimum absolute atomic E-state index is 0.249. The first-order valence-electron chi connectivity index (χ1n) is 9.30. The van der Waals surface area contributed by atoms with E-state index in [0.717, 1.165) is 22.4 Å². The van der Waals surface area contributed by atoms with E-state index < -0.39 is 5.97 Å². The Bertz CT molecular complexity index is 893. The van der Waals surface area contributed by atoms with Gasteiger partial charge in [0.25, 0.3) is 5.91 Å². The smallest absolute Gasteiger partial charge is 0.303 e. The normalized spacial score (nSPS) is 15.3. The van der Waals surface area contributed by atoms with Crippen LogP contribution in [0.25, 0.3) is 0 Å². The lowest BCUT2D eigenvalue weighted by Crippen LogP contribution is -2.42. The summed E-state index contributed by atoms with van der Waals surface area (Å²) < 4.78 is 21.1. The van der Waals surface area contributed by atoms with Crippen LogP contribution in [0.4, 0.5) is 0 Å². The molecule has 29 heavy (non-hydrogen) atoms. The highest BCUT2D eigenvalue weighted by atomic mass is 16.5. The Kier molecular flexibility index (Phi) is 6.26. The van der Waals surface area contributed by atoms with E-state index in [4.69, 9.17) is 18.9 Å². The summed E-state index contributed by atoms with van der Waals surface area (Å²) in [6.07, 6.45) is 0.661. The maximum Gasteiger partial charge on any atom is 0.303 e. The van der Waals surface area contributed by atoms with Crippen LogP contribution in [0.5, 0.6) is 17.2 Å². The van der Waals surface area contributed by atoms with Crippen molar-refractivity contribution < 1.29 is 28.5 Å². The van der Waals surface area contributed by atoms with Crippen LogP contribution in [0.2, 0.25) is 0 Å². The van der Waals surface area contributed by atoms with Crippen molar-refractivity contribution in [3.05, 3.63) is 53.1 Å². The zero-order chi connectivity index (χ0) is 21.0. The second-order valence-electron chi connectivity index (χ2n) is 6.70. The van der Waals surface area contributed by atoms with Crippen molar-refractivity contribution in [2.24, 2.45) is 0 Å². The number of methoxy groups -OCH3 is 3. The molecule has 0 N–H and O–H groups in total. The molecule has 1 atom stereocenters. The van der Waals surface area contributed by atoms with Crippen molar-refractivity contribution in [1.29, 1.82) is 0 Å². The van der Waals surface area contributed by atoms with Gasteiger partial charge in [0.1, 0.15) is 5.75 Å². The van der Waals surface area contributed by atoms with Crippen LogP contribution in [0.3, 0.4) is 0 Å². The predicted molar refractivity (Wildman–Crippen MR) is 106 cm³/mol. The van der Waals surface area contributed by atoms with Gasteiger partial charge in [-0.05, 0) is 47.4 Å². The summed E-state index contributed by atoms with van der Waals surface area (Å²) in [6, 6.07) is 11.1. The molecule has 0 spiro atoms. The third-order valence-electron chi connectivity index (χ3n) is 5.02. The molecule has 1 amide bonds. The third-order valence-corrected chi connectivity index (χ3v) is 5.02. The highest BCUT2D eigenvalue weighted by Gasteiger charge is 2.33. The van der Waals surface area contributed by atoms with Crippen LogP contribution in [0.15, 0.2) is 36.4 Å². The first-order valence-corrected chi connectivity index (χ1v) is 9.30. The van der Waals surface area contributed by atoms with Crippen LogP contribution in [0, 0.1) is 0 Å². The molecule has 7 heteroatoms. The highest BCUT2D eigenvalue weighted by Crippen LogP contribution is 2.41. The lowest BCUT2D eigenvalue weighted by atomic mass is 9.87. The molecule has 0 saturated carbocycles. The molecule has 1 aliphatic heterocycles. The molecule has 2 aromatic rings. The molecule has 154 valence electrons. The van der Waals surface area contributed by atoms with Gasteiger partial charge in [-0.25, -0.2) is 0 Å². The number of amides is 1. The molecular formula is C22H25NO6. The summed E-state index contributed by atoms with van der Waals surface area (Å²) in [5.41, 5.74) is 2.96. The molecule has 0 aliphatic carbocycles. The summed E-state index contributed by atoms with van der Waals surface area (Å²) in [5.74, 6) is 1.25. The van der Waals surface area contributed by atoms with Gasteiger partial charge in [0, 0.05) is 13.5 Å². The number of carbonyl (C=O) groups excluding carboxylic acids is 2. The average molecular weight is 399 g/mol. The maximum absolute atomic E-state index is 12.9. The van der Waals surface area contributed by atoms with Crippen molar-refractivity contribution >= 4 is 11.9 Å². The summed E-state index contributed by atoms with van der Waals surface area (Å²) in [7, 11) is 4.79. The maximum atomic E-state index is 12.9. The van der Waals surface area contributed by atoms with E-state index in [1.807, 2.05) is 36.4 Å². The van der Waals surface area contributed by atoms with Crippen molar-refractivity contribution in [3.8, 4) is 17.2 Å². The second kappa shape index (κ2) is 8.86. The Balaban J connectivity index is 2.06.